The Labute approximate surface area is 108 Å². The summed E-state index contributed by atoms with van der Waals surface area (Å²) in [6.07, 6.45) is 0.259. The Kier molecular flexibility index (Phi) is 3.91. The number of nitrogens with zero attached hydrogens (tertiary/aromatic N) is 1. The van der Waals surface area contributed by atoms with Crippen LogP contribution in [0.2, 0.25) is 0 Å². The van der Waals surface area contributed by atoms with Crippen LogP contribution in [0.1, 0.15) is 18.2 Å². The van der Waals surface area contributed by atoms with Crippen molar-refractivity contribution in [3.05, 3.63) is 28.1 Å². The Morgan fingerprint density at radius 1 is 1.47 bits per heavy atom. The zero-order valence-corrected chi connectivity index (χ0v) is 11.4. The zero-order chi connectivity index (χ0) is 12.3. The van der Waals surface area contributed by atoms with E-state index in [0.29, 0.717) is 6.61 Å². The molecule has 0 unspecified atom stereocenters. The number of thiazole rings is 1. The average Bonchev–Trinajstić information content (AvgIpc) is 2.87. The van der Waals surface area contributed by atoms with Gasteiger partial charge in [0.15, 0.2) is 0 Å². The Balaban J connectivity index is 2.11. The number of esters is 1. The van der Waals surface area contributed by atoms with Crippen LogP contribution in [0.15, 0.2) is 16.8 Å². The predicted octanol–water partition coefficient (Wildman–Crippen LogP) is 3.29. The summed E-state index contributed by atoms with van der Waals surface area (Å²) in [4.78, 5) is 17.0. The Morgan fingerprint density at radius 3 is 2.94 bits per heavy atom. The van der Waals surface area contributed by atoms with Crippen LogP contribution in [0, 0.1) is 6.92 Å². The van der Waals surface area contributed by atoms with Gasteiger partial charge in [-0.25, -0.2) is 4.98 Å². The minimum absolute atomic E-state index is 0.216. The van der Waals surface area contributed by atoms with Gasteiger partial charge in [0, 0.05) is 5.38 Å². The fourth-order valence-corrected chi connectivity index (χ4v) is 3.36. The molecule has 0 bridgehead atoms. The molecule has 0 radical (unpaired) electrons. The van der Waals surface area contributed by atoms with Crippen LogP contribution in [-0.4, -0.2) is 17.6 Å². The van der Waals surface area contributed by atoms with Gasteiger partial charge in [0.1, 0.15) is 5.01 Å². The van der Waals surface area contributed by atoms with Crippen LogP contribution in [0.25, 0.3) is 9.88 Å². The molecule has 0 saturated carbocycles. The molecule has 2 aromatic heterocycles. The molecule has 0 aromatic carbocycles. The lowest BCUT2D eigenvalue weighted by Crippen LogP contribution is -2.07. The lowest BCUT2D eigenvalue weighted by Gasteiger charge is -1.98. The van der Waals surface area contributed by atoms with Crippen molar-refractivity contribution in [3.63, 3.8) is 0 Å². The van der Waals surface area contributed by atoms with Crippen molar-refractivity contribution in [1.29, 1.82) is 0 Å². The first-order valence-electron chi connectivity index (χ1n) is 5.35. The maximum Gasteiger partial charge on any atom is 0.311 e. The van der Waals surface area contributed by atoms with E-state index in [2.05, 4.69) is 23.4 Å². The van der Waals surface area contributed by atoms with E-state index >= 15 is 0 Å². The summed E-state index contributed by atoms with van der Waals surface area (Å²) in [5.41, 5.74) is 2.02. The van der Waals surface area contributed by atoms with Crippen LogP contribution in [0.3, 0.4) is 0 Å². The third-order valence-electron chi connectivity index (χ3n) is 2.24. The van der Waals surface area contributed by atoms with E-state index in [9.17, 15) is 4.79 Å². The largest absolute Gasteiger partial charge is 0.466 e. The molecule has 90 valence electrons. The summed E-state index contributed by atoms with van der Waals surface area (Å²) in [6.45, 7) is 4.29. The Bertz CT molecular complexity index is 516. The summed E-state index contributed by atoms with van der Waals surface area (Å²) in [7, 11) is 0. The molecular weight excluding hydrogens is 254 g/mol. The zero-order valence-electron chi connectivity index (χ0n) is 9.73. The predicted molar refractivity (Wildman–Crippen MR) is 70.5 cm³/mol. The van der Waals surface area contributed by atoms with E-state index in [1.165, 1.54) is 10.4 Å². The number of hydrogen-bond acceptors (Lipinski definition) is 5. The first kappa shape index (κ1) is 12.3. The van der Waals surface area contributed by atoms with Gasteiger partial charge in [-0.2, -0.15) is 0 Å². The maximum atomic E-state index is 11.3. The van der Waals surface area contributed by atoms with Gasteiger partial charge in [0.25, 0.3) is 0 Å². The van der Waals surface area contributed by atoms with E-state index in [-0.39, 0.29) is 12.4 Å². The van der Waals surface area contributed by atoms with Crippen LogP contribution in [0.5, 0.6) is 0 Å². The van der Waals surface area contributed by atoms with Crippen molar-refractivity contribution >= 4 is 28.6 Å². The van der Waals surface area contributed by atoms with Crippen molar-refractivity contribution in [2.24, 2.45) is 0 Å². The Morgan fingerprint density at radius 2 is 2.29 bits per heavy atom. The van der Waals surface area contributed by atoms with E-state index < -0.39 is 0 Å². The lowest BCUT2D eigenvalue weighted by molar-refractivity contribution is -0.142. The van der Waals surface area contributed by atoms with Crippen LogP contribution < -0.4 is 0 Å². The quantitative estimate of drug-likeness (QED) is 0.798. The van der Waals surface area contributed by atoms with Crippen molar-refractivity contribution in [1.82, 2.24) is 4.98 Å². The summed E-state index contributed by atoms with van der Waals surface area (Å²) in [5.74, 6) is -0.216. The van der Waals surface area contributed by atoms with E-state index in [1.54, 1.807) is 29.6 Å². The lowest BCUT2D eigenvalue weighted by atomic mass is 10.3. The molecule has 0 spiro atoms. The van der Waals surface area contributed by atoms with Crippen molar-refractivity contribution in [2.75, 3.05) is 6.61 Å². The highest BCUT2D eigenvalue weighted by Gasteiger charge is 2.11. The molecule has 0 aliphatic heterocycles. The molecule has 2 heterocycles. The van der Waals surface area contributed by atoms with Gasteiger partial charge in [-0.1, -0.05) is 0 Å². The first-order chi connectivity index (χ1) is 8.20. The number of carbonyl (C=O) groups excluding carboxylic acids is 1. The van der Waals surface area contributed by atoms with Crippen molar-refractivity contribution in [3.8, 4) is 9.88 Å². The SMILES string of the molecule is CCOC(=O)Cc1csc(-c2sccc2C)n1. The molecule has 0 fully saturated rings. The smallest absolute Gasteiger partial charge is 0.311 e. The molecule has 5 heteroatoms. The van der Waals surface area contributed by atoms with Crippen LogP contribution >= 0.6 is 22.7 Å². The third-order valence-corrected chi connectivity index (χ3v) is 4.30. The molecular formula is C12H13NO2S2. The monoisotopic (exact) mass is 267 g/mol. The third kappa shape index (κ3) is 2.92. The number of carbonyl (C=O) groups is 1. The van der Waals surface area contributed by atoms with Crippen molar-refractivity contribution < 1.29 is 9.53 Å². The van der Waals surface area contributed by atoms with E-state index in [0.717, 1.165) is 10.7 Å². The number of aryl methyl sites for hydroxylation is 1. The van der Waals surface area contributed by atoms with Gasteiger partial charge >= 0.3 is 5.97 Å². The molecule has 2 rings (SSSR count). The molecule has 0 amide bonds. The minimum Gasteiger partial charge on any atom is -0.466 e. The van der Waals surface area contributed by atoms with Gasteiger partial charge in [0.05, 0.1) is 23.6 Å². The Hall–Kier alpha value is -1.20. The normalized spacial score (nSPS) is 10.5. The molecule has 0 N–H and O–H groups in total. The molecule has 0 aliphatic rings. The highest BCUT2D eigenvalue weighted by atomic mass is 32.1. The summed E-state index contributed by atoms with van der Waals surface area (Å²) < 4.78 is 4.90. The molecule has 17 heavy (non-hydrogen) atoms. The van der Waals surface area contributed by atoms with Crippen LogP contribution in [0.4, 0.5) is 0 Å². The second-order valence-corrected chi connectivity index (χ2v) is 5.33. The standard InChI is InChI=1S/C12H13NO2S2/c1-3-15-10(14)6-9-7-17-12(13-9)11-8(2)4-5-16-11/h4-5,7H,3,6H2,1-2H3. The van der Waals surface area contributed by atoms with Crippen molar-refractivity contribution in [2.45, 2.75) is 20.3 Å². The second-order valence-electron chi connectivity index (χ2n) is 3.56. The summed E-state index contributed by atoms with van der Waals surface area (Å²) in [6, 6.07) is 2.08. The number of hydrogen-bond donors (Lipinski definition) is 0. The van der Waals surface area contributed by atoms with Crippen LogP contribution in [-0.2, 0) is 16.0 Å². The van der Waals surface area contributed by atoms with Gasteiger partial charge in [-0.3, -0.25) is 4.79 Å². The molecule has 0 aliphatic carbocycles. The van der Waals surface area contributed by atoms with E-state index in [4.69, 9.17) is 4.74 Å². The van der Waals surface area contributed by atoms with Gasteiger partial charge in [-0.05, 0) is 30.9 Å². The highest BCUT2D eigenvalue weighted by Crippen LogP contribution is 2.31. The second kappa shape index (κ2) is 5.42. The van der Waals surface area contributed by atoms with Gasteiger partial charge in [0.2, 0.25) is 0 Å². The minimum atomic E-state index is -0.216. The number of ether oxygens (including phenoxy) is 1. The molecule has 0 saturated heterocycles. The molecule has 0 atom stereocenters. The molecule has 2 aromatic rings. The fraction of sp³-hybridized carbons (Fsp3) is 0.333. The molecule has 3 nitrogen and oxygen atoms in total. The van der Waals surface area contributed by atoms with E-state index in [1.807, 2.05) is 5.38 Å². The number of thiophene rings is 1. The average molecular weight is 267 g/mol. The van der Waals surface area contributed by atoms with Gasteiger partial charge in [-0.15, -0.1) is 22.7 Å². The number of aromatic nitrogens is 1. The first-order valence-corrected chi connectivity index (χ1v) is 7.11. The van der Waals surface area contributed by atoms with Gasteiger partial charge < -0.3 is 4.74 Å². The summed E-state index contributed by atoms with van der Waals surface area (Å²) >= 11 is 3.25. The fourth-order valence-electron chi connectivity index (χ4n) is 1.44. The maximum absolute atomic E-state index is 11.3. The summed E-state index contributed by atoms with van der Waals surface area (Å²) in [5, 5.41) is 4.96. The highest BCUT2D eigenvalue weighted by molar-refractivity contribution is 7.20. The topological polar surface area (TPSA) is 39.2 Å². The number of rotatable bonds is 4.